The van der Waals surface area contributed by atoms with Gasteiger partial charge in [-0.3, -0.25) is 9.59 Å². The van der Waals surface area contributed by atoms with Gasteiger partial charge in [-0.05, 0) is 0 Å². The lowest BCUT2D eigenvalue weighted by Gasteiger charge is -2.41. The summed E-state index contributed by atoms with van der Waals surface area (Å²) in [5.74, 6) is -2.29. The molecule has 1 aliphatic rings. The van der Waals surface area contributed by atoms with Crippen LogP contribution in [-0.4, -0.2) is 67.9 Å². The van der Waals surface area contributed by atoms with Gasteiger partial charge >= 0.3 is 17.9 Å². The number of carbonyl (C=O) groups excluding carboxylic acids is 3. The number of carbonyl (C=O) groups is 3. The van der Waals surface area contributed by atoms with Crippen molar-refractivity contribution in [1.29, 1.82) is 0 Å². The Morgan fingerprint density at radius 2 is 1.52 bits per heavy atom. The van der Waals surface area contributed by atoms with E-state index >= 15 is 0 Å². The summed E-state index contributed by atoms with van der Waals surface area (Å²) in [7, 11) is 2.36. The zero-order chi connectivity index (χ0) is 16.2. The molecule has 0 aromatic carbocycles. The Balaban J connectivity index is 3.05. The van der Waals surface area contributed by atoms with Crippen molar-refractivity contribution in [3.05, 3.63) is 0 Å². The predicted octanol–water partition coefficient (Wildman–Crippen LogP) is -1.24. The molecule has 1 heterocycles. The molecule has 1 rings (SSSR count). The van der Waals surface area contributed by atoms with Crippen LogP contribution >= 0.6 is 0 Å². The van der Waals surface area contributed by atoms with Gasteiger partial charge in [-0.25, -0.2) is 4.79 Å². The van der Waals surface area contributed by atoms with Crippen molar-refractivity contribution in [3.63, 3.8) is 0 Å². The van der Waals surface area contributed by atoms with E-state index in [4.69, 9.17) is 18.9 Å². The van der Waals surface area contributed by atoms with Gasteiger partial charge in [0.2, 0.25) is 0 Å². The highest BCUT2D eigenvalue weighted by Crippen LogP contribution is 2.27. The first kappa shape index (κ1) is 17.3. The van der Waals surface area contributed by atoms with E-state index in [2.05, 4.69) is 4.74 Å². The zero-order valence-corrected chi connectivity index (χ0v) is 12.1. The van der Waals surface area contributed by atoms with Gasteiger partial charge in [0.1, 0.15) is 6.10 Å². The molecule has 120 valence electrons. The van der Waals surface area contributed by atoms with E-state index < -0.39 is 48.6 Å². The van der Waals surface area contributed by atoms with Crippen molar-refractivity contribution in [2.24, 2.45) is 0 Å². The summed E-state index contributed by atoms with van der Waals surface area (Å²) in [5.41, 5.74) is 0. The van der Waals surface area contributed by atoms with Gasteiger partial charge in [0.15, 0.2) is 24.6 Å². The topological polar surface area (TPSA) is 118 Å². The van der Waals surface area contributed by atoms with Gasteiger partial charge < -0.3 is 28.8 Å². The fraction of sp³-hybridized carbons (Fsp3) is 0.750. The smallest absolute Gasteiger partial charge is 0.339 e. The molecular weight excluding hydrogens is 288 g/mol. The molecule has 9 nitrogen and oxygen atoms in total. The second-order valence-electron chi connectivity index (χ2n) is 4.32. The molecule has 1 fully saturated rings. The van der Waals surface area contributed by atoms with Crippen LogP contribution < -0.4 is 0 Å². The lowest BCUT2D eigenvalue weighted by atomic mass is 9.98. The third kappa shape index (κ3) is 4.13. The molecular formula is C12H18O9. The largest absolute Gasteiger partial charge is 0.467 e. The lowest BCUT2D eigenvalue weighted by molar-refractivity contribution is -0.293. The Morgan fingerprint density at radius 1 is 1.00 bits per heavy atom. The van der Waals surface area contributed by atoms with Crippen LogP contribution in [0, 0.1) is 0 Å². The average molecular weight is 306 g/mol. The maximum atomic E-state index is 11.7. The molecule has 5 atom stereocenters. The highest BCUT2D eigenvalue weighted by atomic mass is 16.7. The average Bonchev–Trinajstić information content (AvgIpc) is 2.41. The molecule has 0 unspecified atom stereocenters. The van der Waals surface area contributed by atoms with E-state index in [-0.39, 0.29) is 0 Å². The summed E-state index contributed by atoms with van der Waals surface area (Å²) in [5, 5.41) is 10.2. The summed E-state index contributed by atoms with van der Waals surface area (Å²) in [4.78, 5) is 33.9. The number of aliphatic hydroxyl groups excluding tert-OH is 1. The van der Waals surface area contributed by atoms with E-state index in [1.165, 1.54) is 7.11 Å². The van der Waals surface area contributed by atoms with Crippen molar-refractivity contribution in [2.75, 3.05) is 14.2 Å². The molecule has 0 aromatic rings. The van der Waals surface area contributed by atoms with Gasteiger partial charge in [-0.2, -0.15) is 0 Å². The van der Waals surface area contributed by atoms with Gasteiger partial charge in [-0.15, -0.1) is 0 Å². The number of aliphatic hydroxyl groups is 1. The van der Waals surface area contributed by atoms with Crippen LogP contribution in [0.25, 0.3) is 0 Å². The number of rotatable bonds is 4. The van der Waals surface area contributed by atoms with Crippen molar-refractivity contribution >= 4 is 17.9 Å². The number of ether oxygens (including phenoxy) is 5. The van der Waals surface area contributed by atoms with E-state index in [1.54, 1.807) is 0 Å². The van der Waals surface area contributed by atoms with E-state index in [1.807, 2.05) is 0 Å². The minimum Gasteiger partial charge on any atom is -0.467 e. The van der Waals surface area contributed by atoms with Crippen LogP contribution in [0.5, 0.6) is 0 Å². The Morgan fingerprint density at radius 3 is 1.95 bits per heavy atom. The van der Waals surface area contributed by atoms with Gasteiger partial charge in [0, 0.05) is 21.0 Å². The van der Waals surface area contributed by atoms with Crippen molar-refractivity contribution in [2.45, 2.75) is 44.6 Å². The van der Waals surface area contributed by atoms with Gasteiger partial charge in [-0.1, -0.05) is 0 Å². The van der Waals surface area contributed by atoms with Gasteiger partial charge in [0.05, 0.1) is 7.11 Å². The van der Waals surface area contributed by atoms with Crippen LogP contribution in [0.4, 0.5) is 0 Å². The second-order valence-corrected chi connectivity index (χ2v) is 4.32. The highest BCUT2D eigenvalue weighted by Gasteiger charge is 2.52. The maximum absolute atomic E-state index is 11.7. The first-order chi connectivity index (χ1) is 9.81. The first-order valence-electron chi connectivity index (χ1n) is 6.10. The summed E-state index contributed by atoms with van der Waals surface area (Å²) in [6, 6.07) is 0. The van der Waals surface area contributed by atoms with Crippen LogP contribution in [0.1, 0.15) is 13.8 Å². The standard InChI is InChI=1S/C12H18O9/c1-5(13)19-8-7(15)9(20-6(2)14)12(18-4)21-10(8)11(16)17-3/h7-10,12,15H,1-4H3/t7-,8+,9+,10-,12-/m0/s1. The fourth-order valence-corrected chi connectivity index (χ4v) is 1.96. The fourth-order valence-electron chi connectivity index (χ4n) is 1.96. The first-order valence-corrected chi connectivity index (χ1v) is 6.10. The summed E-state index contributed by atoms with van der Waals surface area (Å²) >= 11 is 0. The monoisotopic (exact) mass is 306 g/mol. The molecule has 0 radical (unpaired) electrons. The van der Waals surface area contributed by atoms with Crippen molar-refractivity contribution in [3.8, 4) is 0 Å². The van der Waals surface area contributed by atoms with Gasteiger partial charge in [0.25, 0.3) is 0 Å². The van der Waals surface area contributed by atoms with Crippen LogP contribution in [0.15, 0.2) is 0 Å². The molecule has 0 aliphatic carbocycles. The molecule has 0 aromatic heterocycles. The Kier molecular flexibility index (Phi) is 6.06. The summed E-state index contributed by atoms with van der Waals surface area (Å²) in [6.45, 7) is 2.23. The second kappa shape index (κ2) is 7.34. The molecule has 0 bridgehead atoms. The van der Waals surface area contributed by atoms with Crippen LogP contribution in [0.2, 0.25) is 0 Å². The molecule has 1 N–H and O–H groups in total. The maximum Gasteiger partial charge on any atom is 0.339 e. The number of hydrogen-bond acceptors (Lipinski definition) is 9. The number of hydrogen-bond donors (Lipinski definition) is 1. The lowest BCUT2D eigenvalue weighted by Crippen LogP contribution is -2.62. The summed E-state index contributed by atoms with van der Waals surface area (Å²) < 4.78 is 24.5. The van der Waals surface area contributed by atoms with E-state index in [0.29, 0.717) is 0 Å². The SMILES string of the molecule is COC(=O)[C@H]1O[C@H](OC)[C@H](OC(C)=O)[C@@H](O)[C@H]1OC(C)=O. The third-order valence-corrected chi connectivity index (χ3v) is 2.79. The predicted molar refractivity (Wildman–Crippen MR) is 64.8 cm³/mol. The molecule has 1 aliphatic heterocycles. The quantitative estimate of drug-likeness (QED) is 0.502. The van der Waals surface area contributed by atoms with E-state index in [9.17, 15) is 19.5 Å². The summed E-state index contributed by atoms with van der Waals surface area (Å²) in [6.07, 6.45) is -6.76. The van der Waals surface area contributed by atoms with Crippen LogP contribution in [-0.2, 0) is 38.1 Å². The molecule has 9 heteroatoms. The molecule has 0 spiro atoms. The normalized spacial score (nSPS) is 32.1. The molecule has 21 heavy (non-hydrogen) atoms. The molecule has 0 saturated carbocycles. The Labute approximate surface area is 121 Å². The van der Waals surface area contributed by atoms with Crippen molar-refractivity contribution in [1.82, 2.24) is 0 Å². The number of methoxy groups -OCH3 is 2. The third-order valence-electron chi connectivity index (χ3n) is 2.79. The Hall–Kier alpha value is -1.71. The van der Waals surface area contributed by atoms with Crippen molar-refractivity contribution < 1.29 is 43.2 Å². The highest BCUT2D eigenvalue weighted by molar-refractivity contribution is 5.76. The Bertz CT molecular complexity index is 408. The van der Waals surface area contributed by atoms with E-state index in [0.717, 1.165) is 21.0 Å². The zero-order valence-electron chi connectivity index (χ0n) is 12.1. The molecule has 0 amide bonds. The molecule has 1 saturated heterocycles. The minimum absolute atomic E-state index is 0.692. The minimum atomic E-state index is -1.51. The van der Waals surface area contributed by atoms with Crippen LogP contribution in [0.3, 0.4) is 0 Å². The number of esters is 3.